The average molecular weight is 1130 g/mol. The van der Waals surface area contributed by atoms with E-state index >= 15 is 0 Å². The summed E-state index contributed by atoms with van der Waals surface area (Å²) in [4.78, 5) is 0. The predicted molar refractivity (Wildman–Crippen MR) is 345 cm³/mol. The van der Waals surface area contributed by atoms with Gasteiger partial charge in [0.25, 0.3) is 0 Å². The van der Waals surface area contributed by atoms with Gasteiger partial charge in [-0.3, -0.25) is 0 Å². The third-order valence-corrected chi connectivity index (χ3v) is 16.2. The summed E-state index contributed by atoms with van der Waals surface area (Å²) in [6.45, 7) is 15.0. The molecule has 0 saturated carbocycles. The zero-order valence-corrected chi connectivity index (χ0v) is 52.7. The van der Waals surface area contributed by atoms with Gasteiger partial charge in [0.1, 0.15) is 0 Å². The number of aryl methyl sites for hydroxylation is 2. The fraction of sp³-hybridized carbons (Fsp3) is 0.573. The fourth-order valence-electron chi connectivity index (χ4n) is 10.9. The van der Waals surface area contributed by atoms with Crippen molar-refractivity contribution in [3.63, 3.8) is 0 Å². The first kappa shape index (κ1) is 68.4. The molecule has 1 aliphatic heterocycles. The Labute approximate surface area is 498 Å². The molecule has 0 spiro atoms. The Kier molecular flexibility index (Phi) is 38.8. The van der Waals surface area contributed by atoms with Gasteiger partial charge in [-0.05, 0) is 130 Å². The molecule has 0 amide bonds. The maximum absolute atomic E-state index is 12.8. The standard InChI is InChI=1S/C61H98N2.2C7H7O.Ni/c1-7-13-19-21-23-25-27-29-31-33-38-42-54-47-55(43-39-34-32-30-28-26-24-22-20-14-8-2)51-56(50-54)60-58(44-18-12-6)59(45-37-17-11-5)61(63(60)62)57-48-52(40-35-15-9-3)46-53(49-57)41-36-16-10-4;2*8-6-7-4-2-1-3-5-7;/h38-39,42-43,46-51H,7-37,40-41,44-45H2,1-6H3;2*1-5H,6H2;/q;2*-1;+2. The molecule has 5 heteroatoms. The van der Waals surface area contributed by atoms with Gasteiger partial charge in [0.2, 0.25) is 11.4 Å². The summed E-state index contributed by atoms with van der Waals surface area (Å²) < 4.78 is 12.4. The zero-order valence-electron chi connectivity index (χ0n) is 51.7. The van der Waals surface area contributed by atoms with Crippen LogP contribution in [-0.4, -0.2) is 4.70 Å². The van der Waals surface area contributed by atoms with Gasteiger partial charge in [0.15, 0.2) is 0 Å². The average Bonchev–Trinajstić information content (AvgIpc) is 3.83. The van der Waals surface area contributed by atoms with Gasteiger partial charge in [0.05, 0.1) is 0 Å². The normalized spacial score (nSPS) is 12.8. The van der Waals surface area contributed by atoms with Crippen molar-refractivity contribution in [3.05, 3.63) is 170 Å². The summed E-state index contributed by atoms with van der Waals surface area (Å²) in [5.41, 5.74) is 27.6. The van der Waals surface area contributed by atoms with E-state index in [9.17, 15) is 5.53 Å². The summed E-state index contributed by atoms with van der Waals surface area (Å²) in [5.74, 6) is 0. The van der Waals surface area contributed by atoms with Gasteiger partial charge < -0.3 is 5.53 Å². The first-order valence-corrected chi connectivity index (χ1v) is 33.7. The maximum atomic E-state index is 12.8. The third kappa shape index (κ3) is 28.7. The van der Waals surface area contributed by atoms with Crippen LogP contribution < -0.4 is 0 Å². The summed E-state index contributed by atoms with van der Waals surface area (Å²) in [6, 6.07) is 34.6. The minimum absolute atomic E-state index is 0.565. The quantitative estimate of drug-likeness (QED) is 0.0252. The first-order valence-electron chi connectivity index (χ1n) is 32.9. The molecule has 444 valence electrons. The van der Waals surface area contributed by atoms with E-state index < -0.39 is 0 Å². The van der Waals surface area contributed by atoms with E-state index in [1.165, 1.54) is 206 Å². The summed E-state index contributed by atoms with van der Waals surface area (Å²) in [7, 11) is 0. The van der Waals surface area contributed by atoms with Crippen molar-refractivity contribution >= 4 is 23.5 Å². The molecule has 5 rings (SSSR count). The van der Waals surface area contributed by atoms with Gasteiger partial charge in [-0.1, -0.05) is 220 Å². The summed E-state index contributed by atoms with van der Waals surface area (Å²) in [6.07, 6.45) is 53.9. The van der Waals surface area contributed by atoms with Crippen LogP contribution in [0.3, 0.4) is 0 Å². The molecule has 0 aromatic heterocycles. The second kappa shape index (κ2) is 45.4. The second-order valence-corrected chi connectivity index (χ2v) is 23.6. The number of unbranched alkanes of at least 4 members (excludes halogenated alkanes) is 25. The number of benzene rings is 4. The van der Waals surface area contributed by atoms with E-state index in [4.69, 9.17) is 7.76 Å². The molecule has 4 aromatic carbocycles. The van der Waals surface area contributed by atoms with Gasteiger partial charge in [0, 0.05) is 22.3 Å². The third-order valence-electron chi connectivity index (χ3n) is 15.6. The van der Waals surface area contributed by atoms with Gasteiger partial charge in [-0.25, -0.2) is 4.70 Å². The van der Waals surface area contributed by atoms with Crippen molar-refractivity contribution in [2.45, 2.75) is 279 Å². The molecule has 0 saturated heterocycles. The Balaban J connectivity index is 0.000000682. The van der Waals surface area contributed by atoms with E-state index in [1.54, 1.807) is 4.70 Å². The molecule has 1 aliphatic rings. The SMILES string of the molecule is CCCCCCCCCCCC=Cc1cc(C=CCCCCCCCCCCC)cc(C2=C(CCCC)C(CCCCC)=C(c3cc(CCCCC)cc(CCCCC)c3)[N+]2=[N-])c1.c1ccc(C[O][Ni][O]Cc2ccccc2)cc1. The number of rotatable bonds is 45. The van der Waals surface area contributed by atoms with Crippen molar-refractivity contribution in [1.29, 1.82) is 0 Å². The first-order chi connectivity index (χ1) is 39.5. The van der Waals surface area contributed by atoms with Crippen LogP contribution >= 0.6 is 0 Å². The van der Waals surface area contributed by atoms with Crippen molar-refractivity contribution < 1.29 is 27.5 Å². The zero-order chi connectivity index (χ0) is 56.9. The van der Waals surface area contributed by atoms with Crippen LogP contribution in [0.15, 0.2) is 120 Å². The van der Waals surface area contributed by atoms with Crippen LogP contribution in [0.1, 0.15) is 298 Å². The van der Waals surface area contributed by atoms with Crippen LogP contribution in [0.5, 0.6) is 0 Å². The van der Waals surface area contributed by atoms with Crippen molar-refractivity contribution in [1.82, 2.24) is 0 Å². The van der Waals surface area contributed by atoms with Crippen molar-refractivity contribution in [3.8, 4) is 0 Å². The summed E-state index contributed by atoms with van der Waals surface area (Å²) in [5, 5.41) is 0. The van der Waals surface area contributed by atoms with E-state index in [2.05, 4.69) is 102 Å². The molecule has 80 heavy (non-hydrogen) atoms. The minimum atomic E-state index is 0.565. The van der Waals surface area contributed by atoms with E-state index in [1.807, 2.05) is 60.7 Å². The predicted octanol–water partition coefficient (Wildman–Crippen LogP) is 24.3. The Bertz CT molecular complexity index is 2220. The van der Waals surface area contributed by atoms with E-state index in [0.717, 1.165) is 101 Å². The molecular formula is C75H112N2NiO2. The molecule has 0 bridgehead atoms. The van der Waals surface area contributed by atoms with Gasteiger partial charge >= 0.3 is 108 Å². The van der Waals surface area contributed by atoms with Crippen molar-refractivity contribution in [2.24, 2.45) is 0 Å². The van der Waals surface area contributed by atoms with Crippen LogP contribution in [0.4, 0.5) is 0 Å². The molecule has 4 aromatic rings. The van der Waals surface area contributed by atoms with E-state index in [-0.39, 0.29) is 0 Å². The molecule has 0 unspecified atom stereocenters. The van der Waals surface area contributed by atoms with Crippen LogP contribution in [0.2, 0.25) is 0 Å². The molecule has 4 nitrogen and oxygen atoms in total. The number of allylic oxidation sites excluding steroid dienone is 4. The Hall–Kier alpha value is -4.15. The van der Waals surface area contributed by atoms with Crippen molar-refractivity contribution in [2.75, 3.05) is 0 Å². The number of hydrogen-bond acceptors (Lipinski definition) is 2. The fourth-order valence-corrected chi connectivity index (χ4v) is 11.5. The molecule has 0 radical (unpaired) electrons. The monoisotopic (exact) mass is 1130 g/mol. The topological polar surface area (TPSA) is 43.8 Å². The molecule has 0 atom stereocenters. The van der Waals surface area contributed by atoms with Crippen LogP contribution in [-0.2, 0) is 48.9 Å². The second-order valence-electron chi connectivity index (χ2n) is 22.9. The van der Waals surface area contributed by atoms with Gasteiger partial charge in [-0.15, -0.1) is 0 Å². The molecule has 0 N–H and O–H groups in total. The van der Waals surface area contributed by atoms with Crippen LogP contribution in [0, 0.1) is 0 Å². The summed E-state index contributed by atoms with van der Waals surface area (Å²) >= 11 is 0.863. The molecular weight excluding hydrogens is 1020 g/mol. The Morgan fingerprint density at radius 3 is 1.12 bits per heavy atom. The Morgan fingerprint density at radius 1 is 0.362 bits per heavy atom. The molecule has 0 fully saturated rings. The Morgan fingerprint density at radius 2 is 0.713 bits per heavy atom. The van der Waals surface area contributed by atoms with Gasteiger partial charge in [-0.2, -0.15) is 0 Å². The number of nitrogens with zero attached hydrogens (tertiary/aromatic N) is 2. The van der Waals surface area contributed by atoms with E-state index in [0.29, 0.717) is 13.2 Å². The molecule has 1 heterocycles. The number of hydrogen-bond donors (Lipinski definition) is 0. The van der Waals surface area contributed by atoms with Crippen LogP contribution in [0.25, 0.3) is 29.1 Å². The molecule has 0 aliphatic carbocycles.